The maximum Gasteiger partial charge on any atom is 0.149 e. The maximum absolute atomic E-state index is 13.7. The molecule has 0 radical (unpaired) electrons. The van der Waals surface area contributed by atoms with Gasteiger partial charge in [0.15, 0.2) is 0 Å². The quantitative estimate of drug-likeness (QED) is 0.751. The molecule has 3 aromatic rings. The van der Waals surface area contributed by atoms with Gasteiger partial charge in [0, 0.05) is 11.9 Å². The van der Waals surface area contributed by atoms with Gasteiger partial charge in [0.25, 0.3) is 0 Å². The first-order valence-corrected chi connectivity index (χ1v) is 7.87. The Morgan fingerprint density at radius 1 is 1.04 bits per heavy atom. The minimum Gasteiger partial charge on any atom is -0.369 e. The topological polar surface area (TPSA) is 37.8 Å². The molecule has 0 aliphatic carbocycles. The molecule has 1 N–H and O–H groups in total. The molecule has 23 heavy (non-hydrogen) atoms. The van der Waals surface area contributed by atoms with Gasteiger partial charge in [0.1, 0.15) is 23.5 Å². The summed E-state index contributed by atoms with van der Waals surface area (Å²) in [6.45, 7) is 5.12. The number of benzene rings is 2. The molecular formula is C19H20FN3. The molecule has 1 heterocycles. The van der Waals surface area contributed by atoms with Crippen molar-refractivity contribution in [3.05, 3.63) is 65.7 Å². The second-order valence-corrected chi connectivity index (χ2v) is 5.93. The number of halogens is 1. The van der Waals surface area contributed by atoms with E-state index in [1.54, 1.807) is 6.07 Å². The minimum atomic E-state index is -0.322. The molecule has 0 amide bonds. The summed E-state index contributed by atoms with van der Waals surface area (Å²) < 4.78 is 13.7. The first kappa shape index (κ1) is 15.4. The molecule has 0 spiro atoms. The van der Waals surface area contributed by atoms with Crippen LogP contribution >= 0.6 is 0 Å². The van der Waals surface area contributed by atoms with Crippen LogP contribution in [0.25, 0.3) is 10.9 Å². The minimum absolute atomic E-state index is 0.322. The number of fused-ring (bicyclic) bond motifs is 1. The van der Waals surface area contributed by atoms with Crippen molar-refractivity contribution < 1.29 is 4.39 Å². The lowest BCUT2D eigenvalue weighted by Gasteiger charge is -2.10. The van der Waals surface area contributed by atoms with E-state index in [1.165, 1.54) is 23.5 Å². The SMILES string of the molecule is CC(C)c1ccc(CCNc2ncnc3c(F)cccc23)cc1. The summed E-state index contributed by atoms with van der Waals surface area (Å²) in [4.78, 5) is 8.24. The summed E-state index contributed by atoms with van der Waals surface area (Å²) in [5, 5.41) is 3.99. The Bertz CT molecular complexity index is 797. The monoisotopic (exact) mass is 309 g/mol. The highest BCUT2D eigenvalue weighted by Gasteiger charge is 2.07. The van der Waals surface area contributed by atoms with Gasteiger partial charge in [0.05, 0.1) is 0 Å². The zero-order valence-electron chi connectivity index (χ0n) is 13.4. The first-order chi connectivity index (χ1) is 11.1. The molecule has 0 fully saturated rings. The highest BCUT2D eigenvalue weighted by molar-refractivity contribution is 5.89. The van der Waals surface area contributed by atoms with Crippen LogP contribution in [0.2, 0.25) is 0 Å². The average Bonchev–Trinajstić information content (AvgIpc) is 2.56. The number of aromatic nitrogens is 2. The van der Waals surface area contributed by atoms with Crippen LogP contribution in [0.3, 0.4) is 0 Å². The molecule has 0 saturated heterocycles. The van der Waals surface area contributed by atoms with Crippen molar-refractivity contribution in [1.29, 1.82) is 0 Å². The number of nitrogens with zero attached hydrogens (tertiary/aromatic N) is 2. The number of nitrogens with one attached hydrogen (secondary N) is 1. The molecule has 4 heteroatoms. The molecule has 0 aliphatic rings. The molecule has 0 aliphatic heterocycles. The van der Waals surface area contributed by atoms with E-state index < -0.39 is 0 Å². The predicted octanol–water partition coefficient (Wildman–Crippen LogP) is 4.55. The van der Waals surface area contributed by atoms with E-state index in [2.05, 4.69) is 53.4 Å². The van der Waals surface area contributed by atoms with E-state index in [-0.39, 0.29) is 5.82 Å². The molecule has 0 unspecified atom stereocenters. The standard InChI is InChI=1S/C19H20FN3/c1-13(2)15-8-6-14(7-9-15)10-11-21-19-16-4-3-5-17(20)18(16)22-12-23-19/h3-9,12-13H,10-11H2,1-2H3,(H,21,22,23). The van der Waals surface area contributed by atoms with Gasteiger partial charge in [-0.2, -0.15) is 0 Å². The smallest absolute Gasteiger partial charge is 0.149 e. The summed E-state index contributed by atoms with van der Waals surface area (Å²) in [5.74, 6) is 0.898. The Kier molecular flexibility index (Phi) is 4.51. The summed E-state index contributed by atoms with van der Waals surface area (Å²) in [6.07, 6.45) is 2.28. The Morgan fingerprint density at radius 2 is 1.83 bits per heavy atom. The lowest BCUT2D eigenvalue weighted by atomic mass is 10.0. The fourth-order valence-electron chi connectivity index (χ4n) is 2.59. The molecule has 0 saturated carbocycles. The number of hydrogen-bond acceptors (Lipinski definition) is 3. The van der Waals surface area contributed by atoms with Crippen molar-refractivity contribution in [2.24, 2.45) is 0 Å². The largest absolute Gasteiger partial charge is 0.369 e. The second-order valence-electron chi connectivity index (χ2n) is 5.93. The van der Waals surface area contributed by atoms with Gasteiger partial charge in [-0.15, -0.1) is 0 Å². The number of rotatable bonds is 5. The molecule has 0 bridgehead atoms. The Balaban J connectivity index is 1.68. The van der Waals surface area contributed by atoms with Gasteiger partial charge in [-0.05, 0) is 35.6 Å². The lowest BCUT2D eigenvalue weighted by Crippen LogP contribution is -2.07. The van der Waals surface area contributed by atoms with Crippen LogP contribution in [-0.4, -0.2) is 16.5 Å². The molecular weight excluding hydrogens is 289 g/mol. The summed E-state index contributed by atoms with van der Waals surface area (Å²) in [7, 11) is 0. The Hall–Kier alpha value is -2.49. The van der Waals surface area contributed by atoms with Gasteiger partial charge in [-0.25, -0.2) is 14.4 Å². The fourth-order valence-corrected chi connectivity index (χ4v) is 2.59. The first-order valence-electron chi connectivity index (χ1n) is 7.87. The van der Waals surface area contributed by atoms with Crippen molar-refractivity contribution in [1.82, 2.24) is 9.97 Å². The maximum atomic E-state index is 13.7. The number of hydrogen-bond donors (Lipinski definition) is 1. The van der Waals surface area contributed by atoms with E-state index in [0.717, 1.165) is 13.0 Å². The zero-order chi connectivity index (χ0) is 16.2. The lowest BCUT2D eigenvalue weighted by molar-refractivity contribution is 0.636. The van der Waals surface area contributed by atoms with Gasteiger partial charge < -0.3 is 5.32 Å². The van der Waals surface area contributed by atoms with Crippen LogP contribution in [0.1, 0.15) is 30.9 Å². The number of anilines is 1. The van der Waals surface area contributed by atoms with E-state index in [9.17, 15) is 4.39 Å². The van der Waals surface area contributed by atoms with Gasteiger partial charge in [0.2, 0.25) is 0 Å². The third-order valence-corrected chi connectivity index (χ3v) is 3.97. The van der Waals surface area contributed by atoms with E-state index in [4.69, 9.17) is 0 Å². The van der Waals surface area contributed by atoms with Crippen LogP contribution in [0, 0.1) is 5.82 Å². The summed E-state index contributed by atoms with van der Waals surface area (Å²) in [5.41, 5.74) is 2.97. The third kappa shape index (κ3) is 3.47. The molecule has 118 valence electrons. The van der Waals surface area contributed by atoms with E-state index >= 15 is 0 Å². The Labute approximate surface area is 135 Å². The van der Waals surface area contributed by atoms with Gasteiger partial charge in [-0.3, -0.25) is 0 Å². The fraction of sp³-hybridized carbons (Fsp3) is 0.263. The van der Waals surface area contributed by atoms with Crippen LogP contribution < -0.4 is 5.32 Å². The van der Waals surface area contributed by atoms with Crippen LogP contribution in [0.4, 0.5) is 10.2 Å². The second kappa shape index (κ2) is 6.73. The van der Waals surface area contributed by atoms with E-state index in [0.29, 0.717) is 22.6 Å². The van der Waals surface area contributed by atoms with Crippen LogP contribution in [-0.2, 0) is 6.42 Å². The van der Waals surface area contributed by atoms with Crippen LogP contribution in [0.15, 0.2) is 48.8 Å². The molecule has 3 rings (SSSR count). The highest BCUT2D eigenvalue weighted by Crippen LogP contribution is 2.21. The van der Waals surface area contributed by atoms with E-state index in [1.807, 2.05) is 6.07 Å². The summed E-state index contributed by atoms with van der Waals surface area (Å²) >= 11 is 0. The highest BCUT2D eigenvalue weighted by atomic mass is 19.1. The van der Waals surface area contributed by atoms with Crippen LogP contribution in [0.5, 0.6) is 0 Å². The van der Waals surface area contributed by atoms with Gasteiger partial charge in [-0.1, -0.05) is 44.2 Å². The molecule has 0 atom stereocenters. The molecule has 3 nitrogen and oxygen atoms in total. The Morgan fingerprint density at radius 3 is 2.57 bits per heavy atom. The van der Waals surface area contributed by atoms with Crippen molar-refractivity contribution in [2.75, 3.05) is 11.9 Å². The normalized spacial score (nSPS) is 11.1. The van der Waals surface area contributed by atoms with Crippen molar-refractivity contribution in [3.8, 4) is 0 Å². The predicted molar refractivity (Wildman–Crippen MR) is 92.2 cm³/mol. The zero-order valence-corrected chi connectivity index (χ0v) is 13.4. The summed E-state index contributed by atoms with van der Waals surface area (Å²) in [6, 6.07) is 13.6. The van der Waals surface area contributed by atoms with Crippen molar-refractivity contribution in [3.63, 3.8) is 0 Å². The molecule has 1 aromatic heterocycles. The van der Waals surface area contributed by atoms with Crippen molar-refractivity contribution in [2.45, 2.75) is 26.2 Å². The average molecular weight is 309 g/mol. The van der Waals surface area contributed by atoms with Crippen molar-refractivity contribution >= 4 is 16.7 Å². The number of para-hydroxylation sites is 1. The van der Waals surface area contributed by atoms with Gasteiger partial charge >= 0.3 is 0 Å². The third-order valence-electron chi connectivity index (χ3n) is 3.97. The molecule has 2 aromatic carbocycles.